The average molecular weight is 367 g/mol. The fourth-order valence-corrected chi connectivity index (χ4v) is 3.07. The van der Waals surface area contributed by atoms with E-state index in [4.69, 9.17) is 10.5 Å². The van der Waals surface area contributed by atoms with E-state index in [-0.39, 0.29) is 24.4 Å². The van der Waals surface area contributed by atoms with Crippen LogP contribution in [-0.2, 0) is 0 Å². The Labute approximate surface area is 161 Å². The third-order valence-electron chi connectivity index (χ3n) is 4.65. The third-order valence-corrected chi connectivity index (χ3v) is 4.65. The van der Waals surface area contributed by atoms with Crippen LogP contribution in [0.3, 0.4) is 0 Å². The molecule has 0 aromatic heterocycles. The summed E-state index contributed by atoms with van der Waals surface area (Å²) in [6.07, 6.45) is 0. The van der Waals surface area contributed by atoms with E-state index in [1.165, 1.54) is 11.1 Å². The third kappa shape index (κ3) is 4.84. The summed E-state index contributed by atoms with van der Waals surface area (Å²) in [5, 5.41) is 20.0. The molecule has 5 heteroatoms. The summed E-state index contributed by atoms with van der Waals surface area (Å²) in [6, 6.07) is 25.8. The van der Waals surface area contributed by atoms with Gasteiger partial charge in [-0.25, -0.2) is 0 Å². The standard InChI is InChI=1S/C17H16N2.C4H6N2.ClH/c18-11-14-12-19(13-14)17(15-7-3-1-4-8-15)16-9-5-2-6-10-16;5-1-4-2-6-3-4;/h1-10,14,17H,12-13H2;4,6H,2-3H2;1H. The van der Waals surface area contributed by atoms with Crippen molar-refractivity contribution in [3.05, 3.63) is 71.8 Å². The minimum absolute atomic E-state index is 0. The van der Waals surface area contributed by atoms with Crippen LogP contribution >= 0.6 is 12.4 Å². The number of nitriles is 2. The van der Waals surface area contributed by atoms with Crippen molar-refractivity contribution >= 4 is 12.4 Å². The molecule has 0 unspecified atom stereocenters. The van der Waals surface area contributed by atoms with Gasteiger partial charge in [-0.1, -0.05) is 60.7 Å². The van der Waals surface area contributed by atoms with Crippen LogP contribution in [0, 0.1) is 34.5 Å². The highest BCUT2D eigenvalue weighted by atomic mass is 35.5. The van der Waals surface area contributed by atoms with Gasteiger partial charge >= 0.3 is 0 Å². The number of nitrogens with zero attached hydrogens (tertiary/aromatic N) is 3. The van der Waals surface area contributed by atoms with E-state index < -0.39 is 0 Å². The molecule has 2 saturated heterocycles. The average Bonchev–Trinajstić information content (AvgIpc) is 2.59. The van der Waals surface area contributed by atoms with Crippen LogP contribution in [0.15, 0.2) is 60.7 Å². The number of hydrogen-bond acceptors (Lipinski definition) is 4. The molecule has 0 saturated carbocycles. The number of nitrogens with one attached hydrogen (secondary N) is 1. The van der Waals surface area contributed by atoms with Gasteiger partial charge in [0.1, 0.15) is 0 Å². The van der Waals surface area contributed by atoms with Gasteiger partial charge in [-0.15, -0.1) is 12.4 Å². The predicted octanol–water partition coefficient (Wildman–Crippen LogP) is 3.38. The molecule has 0 atom stereocenters. The Hall–Kier alpha value is -2.37. The Kier molecular flexibility index (Phi) is 7.63. The zero-order valence-electron chi connectivity index (χ0n) is 14.6. The maximum absolute atomic E-state index is 8.95. The molecule has 2 aromatic rings. The Morgan fingerprint density at radius 3 is 1.58 bits per heavy atom. The number of halogens is 1. The molecular weight excluding hydrogens is 344 g/mol. The van der Waals surface area contributed by atoms with Gasteiger partial charge < -0.3 is 5.32 Å². The van der Waals surface area contributed by atoms with E-state index in [1.54, 1.807) is 0 Å². The quantitative estimate of drug-likeness (QED) is 0.904. The first-order valence-corrected chi connectivity index (χ1v) is 8.65. The van der Waals surface area contributed by atoms with Crippen LogP contribution in [0.1, 0.15) is 17.2 Å². The Morgan fingerprint density at radius 1 is 0.808 bits per heavy atom. The summed E-state index contributed by atoms with van der Waals surface area (Å²) in [5.74, 6) is 0.500. The smallest absolute Gasteiger partial charge is 0.0718 e. The first kappa shape index (κ1) is 19.9. The molecule has 2 aliphatic heterocycles. The maximum Gasteiger partial charge on any atom is 0.0718 e. The molecule has 0 bridgehead atoms. The molecular formula is C21H23ClN4. The van der Waals surface area contributed by atoms with Gasteiger partial charge in [0, 0.05) is 26.2 Å². The Bertz CT molecular complexity index is 702. The Morgan fingerprint density at radius 2 is 1.27 bits per heavy atom. The molecule has 0 amide bonds. The molecule has 2 aromatic carbocycles. The highest BCUT2D eigenvalue weighted by molar-refractivity contribution is 5.85. The van der Waals surface area contributed by atoms with Crippen LogP contribution in [0.5, 0.6) is 0 Å². The second-order valence-corrected chi connectivity index (χ2v) is 6.49. The van der Waals surface area contributed by atoms with Crippen molar-refractivity contribution in [3.63, 3.8) is 0 Å². The summed E-state index contributed by atoms with van der Waals surface area (Å²) in [5.41, 5.74) is 2.59. The van der Waals surface area contributed by atoms with Crippen molar-refractivity contribution in [2.75, 3.05) is 26.2 Å². The van der Waals surface area contributed by atoms with Crippen LogP contribution in [0.25, 0.3) is 0 Å². The molecule has 26 heavy (non-hydrogen) atoms. The zero-order valence-corrected chi connectivity index (χ0v) is 15.4. The number of benzene rings is 2. The van der Waals surface area contributed by atoms with Crippen molar-refractivity contribution in [2.45, 2.75) is 6.04 Å². The first-order valence-electron chi connectivity index (χ1n) is 8.65. The molecule has 0 radical (unpaired) electrons. The van der Waals surface area contributed by atoms with Crippen molar-refractivity contribution < 1.29 is 0 Å². The van der Waals surface area contributed by atoms with E-state index in [1.807, 2.05) is 12.1 Å². The SMILES string of the molecule is Cl.N#CC1CN(C(c2ccccc2)c2ccccc2)C1.N#CC1CNC1. The zero-order chi connectivity index (χ0) is 17.5. The van der Waals surface area contributed by atoms with E-state index in [0.717, 1.165) is 26.2 Å². The van der Waals surface area contributed by atoms with E-state index in [0.29, 0.717) is 5.92 Å². The number of hydrogen-bond donors (Lipinski definition) is 1. The molecule has 2 fully saturated rings. The summed E-state index contributed by atoms with van der Waals surface area (Å²) in [4.78, 5) is 2.37. The predicted molar refractivity (Wildman–Crippen MR) is 105 cm³/mol. The number of likely N-dealkylation sites (tertiary alicyclic amines) is 1. The minimum Gasteiger partial charge on any atom is -0.314 e. The molecule has 1 N–H and O–H groups in total. The summed E-state index contributed by atoms with van der Waals surface area (Å²) >= 11 is 0. The number of rotatable bonds is 3. The monoisotopic (exact) mass is 366 g/mol. The lowest BCUT2D eigenvalue weighted by Gasteiger charge is -2.42. The first-order chi connectivity index (χ1) is 12.3. The van der Waals surface area contributed by atoms with Gasteiger partial charge in [-0.05, 0) is 11.1 Å². The fraction of sp³-hybridized carbons (Fsp3) is 0.333. The van der Waals surface area contributed by atoms with Crippen LogP contribution in [-0.4, -0.2) is 31.1 Å². The lowest BCUT2D eigenvalue weighted by Crippen LogP contribution is -2.48. The van der Waals surface area contributed by atoms with E-state index >= 15 is 0 Å². The van der Waals surface area contributed by atoms with Gasteiger partial charge in [0.05, 0.1) is 30.0 Å². The van der Waals surface area contributed by atoms with Crippen LogP contribution in [0.4, 0.5) is 0 Å². The highest BCUT2D eigenvalue weighted by Crippen LogP contribution is 2.33. The van der Waals surface area contributed by atoms with Gasteiger partial charge in [-0.2, -0.15) is 10.5 Å². The van der Waals surface area contributed by atoms with Gasteiger partial charge in [0.2, 0.25) is 0 Å². The van der Waals surface area contributed by atoms with Crippen LogP contribution in [0.2, 0.25) is 0 Å². The highest BCUT2D eigenvalue weighted by Gasteiger charge is 2.33. The molecule has 0 aliphatic carbocycles. The molecule has 2 heterocycles. The normalized spacial score (nSPS) is 16.7. The minimum atomic E-state index is 0. The molecule has 4 rings (SSSR count). The van der Waals surface area contributed by atoms with Gasteiger partial charge in [0.25, 0.3) is 0 Å². The summed E-state index contributed by atoms with van der Waals surface area (Å²) < 4.78 is 0. The molecule has 134 valence electrons. The fourth-order valence-electron chi connectivity index (χ4n) is 3.07. The Balaban J connectivity index is 0.000000297. The molecule has 2 aliphatic rings. The molecule has 0 spiro atoms. The second kappa shape index (κ2) is 9.94. The summed E-state index contributed by atoms with van der Waals surface area (Å²) in [6.45, 7) is 3.53. The van der Waals surface area contributed by atoms with Gasteiger partial charge in [0.15, 0.2) is 0 Å². The lowest BCUT2D eigenvalue weighted by atomic mass is 9.91. The summed E-state index contributed by atoms with van der Waals surface area (Å²) in [7, 11) is 0. The van der Waals surface area contributed by atoms with Gasteiger partial charge in [-0.3, -0.25) is 4.90 Å². The van der Waals surface area contributed by atoms with Crippen molar-refractivity contribution in [3.8, 4) is 12.1 Å². The van der Waals surface area contributed by atoms with Crippen molar-refractivity contribution in [1.29, 1.82) is 10.5 Å². The lowest BCUT2D eigenvalue weighted by molar-refractivity contribution is 0.0992. The second-order valence-electron chi connectivity index (χ2n) is 6.49. The van der Waals surface area contributed by atoms with Crippen molar-refractivity contribution in [1.82, 2.24) is 10.2 Å². The van der Waals surface area contributed by atoms with Crippen molar-refractivity contribution in [2.24, 2.45) is 11.8 Å². The maximum atomic E-state index is 8.95. The largest absolute Gasteiger partial charge is 0.314 e. The van der Waals surface area contributed by atoms with E-state index in [9.17, 15) is 0 Å². The topological polar surface area (TPSA) is 62.9 Å². The molecule has 4 nitrogen and oxygen atoms in total. The van der Waals surface area contributed by atoms with Crippen LogP contribution < -0.4 is 5.32 Å². The van der Waals surface area contributed by atoms with E-state index in [2.05, 4.69) is 70.9 Å².